The maximum absolute atomic E-state index is 12.8. The molecule has 4 nitrogen and oxygen atoms in total. The van der Waals surface area contributed by atoms with Crippen LogP contribution in [0.2, 0.25) is 15.1 Å². The highest BCUT2D eigenvalue weighted by atomic mass is 35.5. The molecule has 0 saturated carbocycles. The standard InChI is InChI=1S/C17H13Cl3N2O2/c1-17(11-3-5-12(18)6-4-11)15(23)22(16(24)21-17)9-10-2-7-13(19)14(20)8-10/h2-8H,9H2,1H3,(H,21,24). The molecule has 1 N–H and O–H groups in total. The monoisotopic (exact) mass is 382 g/mol. The Hall–Kier alpha value is -1.75. The van der Waals surface area contributed by atoms with Crippen molar-refractivity contribution in [2.75, 3.05) is 0 Å². The van der Waals surface area contributed by atoms with E-state index in [4.69, 9.17) is 34.8 Å². The molecule has 1 aliphatic rings. The molecule has 2 aromatic carbocycles. The first-order chi connectivity index (χ1) is 11.3. The molecule has 0 radical (unpaired) electrons. The van der Waals surface area contributed by atoms with Crippen molar-refractivity contribution in [3.8, 4) is 0 Å². The number of amides is 3. The van der Waals surface area contributed by atoms with E-state index in [0.29, 0.717) is 26.2 Å². The Kier molecular flexibility index (Phi) is 4.47. The van der Waals surface area contributed by atoms with Gasteiger partial charge in [0.2, 0.25) is 0 Å². The molecule has 2 aromatic rings. The van der Waals surface area contributed by atoms with E-state index in [1.54, 1.807) is 49.4 Å². The summed E-state index contributed by atoms with van der Waals surface area (Å²) in [5, 5.41) is 4.11. The lowest BCUT2D eigenvalue weighted by atomic mass is 9.92. The number of imide groups is 1. The minimum Gasteiger partial charge on any atom is -0.319 e. The van der Waals surface area contributed by atoms with Gasteiger partial charge in [-0.1, -0.05) is 53.0 Å². The second-order valence-electron chi connectivity index (χ2n) is 5.70. The van der Waals surface area contributed by atoms with Crippen LogP contribution in [0.4, 0.5) is 4.79 Å². The third-order valence-corrected chi connectivity index (χ3v) is 5.01. The fourth-order valence-corrected chi connectivity index (χ4v) is 3.09. The molecule has 1 unspecified atom stereocenters. The summed E-state index contributed by atoms with van der Waals surface area (Å²) in [7, 11) is 0. The van der Waals surface area contributed by atoms with Crippen LogP contribution >= 0.6 is 34.8 Å². The van der Waals surface area contributed by atoms with E-state index >= 15 is 0 Å². The van der Waals surface area contributed by atoms with Gasteiger partial charge in [-0.05, 0) is 42.3 Å². The van der Waals surface area contributed by atoms with E-state index in [0.717, 1.165) is 4.90 Å². The quantitative estimate of drug-likeness (QED) is 0.787. The molecule has 3 rings (SSSR count). The number of halogens is 3. The Bertz CT molecular complexity index is 823. The summed E-state index contributed by atoms with van der Waals surface area (Å²) in [4.78, 5) is 26.3. The molecule has 7 heteroatoms. The first-order valence-electron chi connectivity index (χ1n) is 7.15. The Morgan fingerprint density at radius 3 is 2.29 bits per heavy atom. The van der Waals surface area contributed by atoms with Gasteiger partial charge in [0.25, 0.3) is 5.91 Å². The van der Waals surface area contributed by atoms with Crippen molar-refractivity contribution in [3.05, 3.63) is 68.7 Å². The maximum atomic E-state index is 12.8. The average molecular weight is 384 g/mol. The number of carbonyl (C=O) groups is 2. The molecule has 1 heterocycles. The van der Waals surface area contributed by atoms with Crippen molar-refractivity contribution in [1.82, 2.24) is 10.2 Å². The predicted molar refractivity (Wildman–Crippen MR) is 94.3 cm³/mol. The van der Waals surface area contributed by atoms with E-state index in [-0.39, 0.29) is 12.5 Å². The lowest BCUT2D eigenvalue weighted by molar-refractivity contribution is -0.131. The number of hydrogen-bond donors (Lipinski definition) is 1. The van der Waals surface area contributed by atoms with E-state index in [1.807, 2.05) is 0 Å². The van der Waals surface area contributed by atoms with Gasteiger partial charge in [0.15, 0.2) is 0 Å². The van der Waals surface area contributed by atoms with Gasteiger partial charge in [0, 0.05) is 5.02 Å². The topological polar surface area (TPSA) is 49.4 Å². The third kappa shape index (κ3) is 2.97. The average Bonchev–Trinajstić information content (AvgIpc) is 2.76. The zero-order valence-corrected chi connectivity index (χ0v) is 14.9. The Morgan fingerprint density at radius 1 is 1.00 bits per heavy atom. The summed E-state index contributed by atoms with van der Waals surface area (Å²) in [6.07, 6.45) is 0. The number of nitrogens with zero attached hydrogens (tertiary/aromatic N) is 1. The number of nitrogens with one attached hydrogen (secondary N) is 1. The summed E-state index contributed by atoms with van der Waals surface area (Å²) in [6.45, 7) is 1.79. The molecular formula is C17H13Cl3N2O2. The predicted octanol–water partition coefficient (Wildman–Crippen LogP) is 4.61. The van der Waals surface area contributed by atoms with Crippen LogP contribution in [0, 0.1) is 0 Å². The normalized spacial score (nSPS) is 20.4. The number of rotatable bonds is 3. The smallest absolute Gasteiger partial charge is 0.319 e. The zero-order chi connectivity index (χ0) is 17.5. The lowest BCUT2D eigenvalue weighted by Crippen LogP contribution is -2.40. The zero-order valence-electron chi connectivity index (χ0n) is 12.6. The fraction of sp³-hybridized carbons (Fsp3) is 0.176. The van der Waals surface area contributed by atoms with Gasteiger partial charge in [-0.3, -0.25) is 9.69 Å². The summed E-state index contributed by atoms with van der Waals surface area (Å²) < 4.78 is 0. The van der Waals surface area contributed by atoms with Gasteiger partial charge in [0.1, 0.15) is 5.54 Å². The number of carbonyl (C=O) groups excluding carboxylic acids is 2. The minimum atomic E-state index is -1.13. The van der Waals surface area contributed by atoms with Gasteiger partial charge >= 0.3 is 6.03 Å². The van der Waals surface area contributed by atoms with Crippen molar-refractivity contribution in [1.29, 1.82) is 0 Å². The SMILES string of the molecule is CC1(c2ccc(Cl)cc2)NC(=O)N(Cc2ccc(Cl)c(Cl)c2)C1=O. The molecular weight excluding hydrogens is 371 g/mol. The van der Waals surface area contributed by atoms with E-state index in [9.17, 15) is 9.59 Å². The van der Waals surface area contributed by atoms with E-state index < -0.39 is 11.6 Å². The molecule has 24 heavy (non-hydrogen) atoms. The van der Waals surface area contributed by atoms with Gasteiger partial charge in [-0.2, -0.15) is 0 Å². The van der Waals surface area contributed by atoms with Crippen molar-refractivity contribution in [2.45, 2.75) is 19.0 Å². The maximum Gasteiger partial charge on any atom is 0.325 e. The molecule has 1 saturated heterocycles. The summed E-state index contributed by atoms with van der Waals surface area (Å²) in [5.41, 5.74) is 0.257. The van der Waals surface area contributed by atoms with Crippen LogP contribution in [0.1, 0.15) is 18.1 Å². The molecule has 0 bridgehead atoms. The second kappa shape index (κ2) is 6.28. The summed E-state index contributed by atoms with van der Waals surface area (Å²) in [6, 6.07) is 11.4. The van der Waals surface area contributed by atoms with Crippen molar-refractivity contribution >= 4 is 46.7 Å². The van der Waals surface area contributed by atoms with Crippen molar-refractivity contribution in [2.24, 2.45) is 0 Å². The van der Waals surface area contributed by atoms with Crippen molar-refractivity contribution < 1.29 is 9.59 Å². The number of urea groups is 1. The first-order valence-corrected chi connectivity index (χ1v) is 8.29. The molecule has 0 spiro atoms. The van der Waals surface area contributed by atoms with E-state index in [1.165, 1.54) is 0 Å². The Labute approximate surface area is 154 Å². The lowest BCUT2D eigenvalue weighted by Gasteiger charge is -2.22. The van der Waals surface area contributed by atoms with E-state index in [2.05, 4.69) is 5.32 Å². The molecule has 124 valence electrons. The molecule has 0 aromatic heterocycles. The third-order valence-electron chi connectivity index (χ3n) is 4.02. The number of hydrogen-bond acceptors (Lipinski definition) is 2. The minimum absolute atomic E-state index is 0.116. The molecule has 1 atom stereocenters. The molecule has 0 aliphatic carbocycles. The molecule has 3 amide bonds. The van der Waals surface area contributed by atoms with Crippen LogP contribution in [0.25, 0.3) is 0 Å². The van der Waals surface area contributed by atoms with Crippen LogP contribution in [0.5, 0.6) is 0 Å². The number of benzene rings is 2. The Morgan fingerprint density at radius 2 is 1.67 bits per heavy atom. The van der Waals surface area contributed by atoms with Gasteiger partial charge in [-0.25, -0.2) is 4.79 Å². The van der Waals surface area contributed by atoms with Crippen LogP contribution in [-0.4, -0.2) is 16.8 Å². The van der Waals surface area contributed by atoms with Gasteiger partial charge in [-0.15, -0.1) is 0 Å². The molecule has 1 fully saturated rings. The van der Waals surface area contributed by atoms with Crippen LogP contribution < -0.4 is 5.32 Å². The van der Waals surface area contributed by atoms with Crippen molar-refractivity contribution in [3.63, 3.8) is 0 Å². The van der Waals surface area contributed by atoms with Crippen LogP contribution in [-0.2, 0) is 16.9 Å². The first kappa shape index (κ1) is 17.1. The van der Waals surface area contributed by atoms with Gasteiger partial charge in [0.05, 0.1) is 16.6 Å². The highest BCUT2D eigenvalue weighted by molar-refractivity contribution is 6.42. The highest BCUT2D eigenvalue weighted by Crippen LogP contribution is 2.31. The van der Waals surface area contributed by atoms with Gasteiger partial charge < -0.3 is 5.32 Å². The van der Waals surface area contributed by atoms with Crippen LogP contribution in [0.15, 0.2) is 42.5 Å². The van der Waals surface area contributed by atoms with Crippen LogP contribution in [0.3, 0.4) is 0 Å². The summed E-state index contributed by atoms with van der Waals surface area (Å²) in [5.74, 6) is -0.333. The summed E-state index contributed by atoms with van der Waals surface area (Å²) >= 11 is 17.8. The largest absolute Gasteiger partial charge is 0.325 e. The fourth-order valence-electron chi connectivity index (χ4n) is 2.64. The second-order valence-corrected chi connectivity index (χ2v) is 6.95. The Balaban J connectivity index is 1.88. The molecule has 1 aliphatic heterocycles. The highest BCUT2D eigenvalue weighted by Gasteiger charge is 2.48.